The van der Waals surface area contributed by atoms with Crippen molar-refractivity contribution in [2.75, 3.05) is 5.75 Å². The van der Waals surface area contributed by atoms with Gasteiger partial charge in [-0.15, -0.1) is 0 Å². The number of ether oxygens (including phenoxy) is 1. The van der Waals surface area contributed by atoms with E-state index in [1.807, 2.05) is 66.7 Å². The molecule has 21 heavy (non-hydrogen) atoms. The predicted molar refractivity (Wildman–Crippen MR) is 89.4 cm³/mol. The molecule has 0 fully saturated rings. The number of hydrogen-bond acceptors (Lipinski definition) is 3. The highest BCUT2D eigenvalue weighted by Crippen LogP contribution is 2.21. The lowest BCUT2D eigenvalue weighted by Crippen LogP contribution is -1.96. The summed E-state index contributed by atoms with van der Waals surface area (Å²) in [6.07, 6.45) is 3.98. The Morgan fingerprint density at radius 1 is 1.10 bits per heavy atom. The molecule has 0 aliphatic rings. The number of carbonyl (C=O) groups excluding carboxylic acids is 1. The summed E-state index contributed by atoms with van der Waals surface area (Å²) in [5, 5.41) is 0.133. The topological polar surface area (TPSA) is 26.3 Å². The lowest BCUT2D eigenvalue weighted by molar-refractivity contribution is -0.109. The third kappa shape index (κ3) is 5.48. The molecule has 0 aliphatic heterocycles. The largest absolute Gasteiger partial charge is 0.488 e. The molecule has 0 heterocycles. The summed E-state index contributed by atoms with van der Waals surface area (Å²) in [6.45, 7) is 2.13. The van der Waals surface area contributed by atoms with Crippen LogP contribution in [0.3, 0.4) is 0 Å². The molecule has 0 radical (unpaired) electrons. The highest BCUT2D eigenvalue weighted by molar-refractivity contribution is 8.13. The molecule has 0 amide bonds. The van der Waals surface area contributed by atoms with Gasteiger partial charge < -0.3 is 4.74 Å². The van der Waals surface area contributed by atoms with E-state index in [2.05, 4.69) is 0 Å². The third-order valence-electron chi connectivity index (χ3n) is 2.84. The van der Waals surface area contributed by atoms with Crippen LogP contribution in [0.5, 0.6) is 5.75 Å². The second-order valence-corrected chi connectivity index (χ2v) is 5.71. The van der Waals surface area contributed by atoms with Crippen molar-refractivity contribution in [1.82, 2.24) is 0 Å². The molecule has 2 aromatic carbocycles. The highest BCUT2D eigenvalue weighted by Gasteiger charge is 2.00. The first-order valence-corrected chi connectivity index (χ1v) is 7.80. The van der Waals surface area contributed by atoms with Crippen molar-refractivity contribution in [3.63, 3.8) is 0 Å². The van der Waals surface area contributed by atoms with Gasteiger partial charge in [0.15, 0.2) is 5.12 Å². The van der Waals surface area contributed by atoms with E-state index in [4.69, 9.17) is 4.74 Å². The number of benzene rings is 2. The maximum Gasteiger partial charge on any atom is 0.186 e. The van der Waals surface area contributed by atoms with Gasteiger partial charge in [-0.25, -0.2) is 0 Å². The van der Waals surface area contributed by atoms with E-state index in [0.29, 0.717) is 12.4 Å². The Morgan fingerprint density at radius 3 is 2.57 bits per heavy atom. The maximum atomic E-state index is 10.9. The molecule has 0 saturated carbocycles. The van der Waals surface area contributed by atoms with Crippen LogP contribution < -0.4 is 4.74 Å². The fourth-order valence-corrected chi connectivity index (χ4v) is 2.25. The Hall–Kier alpha value is -2.00. The SMILES string of the molecule is CC(=O)SCC=Cc1ccccc1OCc1ccccc1. The van der Waals surface area contributed by atoms with Crippen molar-refractivity contribution in [2.45, 2.75) is 13.5 Å². The summed E-state index contributed by atoms with van der Waals surface area (Å²) in [6, 6.07) is 18.0. The predicted octanol–water partition coefficient (Wildman–Crippen LogP) is 4.56. The van der Waals surface area contributed by atoms with E-state index in [9.17, 15) is 4.79 Å². The summed E-state index contributed by atoms with van der Waals surface area (Å²) in [5.74, 6) is 1.54. The van der Waals surface area contributed by atoms with Gasteiger partial charge in [-0.1, -0.05) is 72.4 Å². The number of rotatable bonds is 6. The van der Waals surface area contributed by atoms with E-state index < -0.39 is 0 Å². The molecule has 0 atom stereocenters. The zero-order valence-electron chi connectivity index (χ0n) is 12.0. The summed E-state index contributed by atoms with van der Waals surface area (Å²) in [5.41, 5.74) is 2.17. The molecular formula is C18H18O2S. The van der Waals surface area contributed by atoms with Crippen LogP contribution >= 0.6 is 11.8 Å². The quantitative estimate of drug-likeness (QED) is 0.782. The lowest BCUT2D eigenvalue weighted by Gasteiger charge is -2.09. The Balaban J connectivity index is 1.98. The van der Waals surface area contributed by atoms with Crippen LogP contribution in [0.1, 0.15) is 18.1 Å². The summed E-state index contributed by atoms with van der Waals surface area (Å²) in [4.78, 5) is 10.9. The molecule has 0 spiro atoms. The van der Waals surface area contributed by atoms with Gasteiger partial charge >= 0.3 is 0 Å². The second-order valence-electron chi connectivity index (χ2n) is 4.52. The van der Waals surface area contributed by atoms with Gasteiger partial charge in [0.1, 0.15) is 12.4 Å². The Bertz CT molecular complexity index is 606. The normalized spacial score (nSPS) is 10.7. The van der Waals surface area contributed by atoms with Crippen LogP contribution in [0.4, 0.5) is 0 Å². The van der Waals surface area contributed by atoms with Crippen molar-refractivity contribution in [2.24, 2.45) is 0 Å². The summed E-state index contributed by atoms with van der Waals surface area (Å²) < 4.78 is 5.88. The van der Waals surface area contributed by atoms with E-state index in [1.54, 1.807) is 6.92 Å². The Morgan fingerprint density at radius 2 is 1.81 bits per heavy atom. The monoisotopic (exact) mass is 298 g/mol. The molecular weight excluding hydrogens is 280 g/mol. The second kappa shape index (κ2) is 8.32. The fraction of sp³-hybridized carbons (Fsp3) is 0.167. The van der Waals surface area contributed by atoms with Gasteiger partial charge in [-0.05, 0) is 11.6 Å². The molecule has 0 N–H and O–H groups in total. The van der Waals surface area contributed by atoms with Crippen molar-refractivity contribution in [1.29, 1.82) is 0 Å². The molecule has 0 unspecified atom stereocenters. The first-order chi connectivity index (χ1) is 10.3. The van der Waals surface area contributed by atoms with Crippen LogP contribution in [-0.4, -0.2) is 10.9 Å². The number of thioether (sulfide) groups is 1. The number of carbonyl (C=O) groups is 1. The van der Waals surface area contributed by atoms with Crippen LogP contribution in [0.2, 0.25) is 0 Å². The number of hydrogen-bond donors (Lipinski definition) is 0. The molecule has 0 saturated heterocycles. The molecule has 2 rings (SSSR count). The molecule has 2 nitrogen and oxygen atoms in total. The Labute approximate surface area is 129 Å². The van der Waals surface area contributed by atoms with Crippen molar-refractivity contribution in [3.05, 3.63) is 71.8 Å². The minimum absolute atomic E-state index is 0.133. The van der Waals surface area contributed by atoms with E-state index >= 15 is 0 Å². The van der Waals surface area contributed by atoms with Gasteiger partial charge in [0.2, 0.25) is 0 Å². The molecule has 0 aliphatic carbocycles. The standard InChI is InChI=1S/C18H18O2S/c1-15(19)21-13-7-11-17-10-5-6-12-18(17)20-14-16-8-3-2-4-9-16/h2-12H,13-14H2,1H3. The average Bonchev–Trinajstić information content (AvgIpc) is 2.51. The van der Waals surface area contributed by atoms with E-state index in [1.165, 1.54) is 11.8 Å². The zero-order chi connectivity index (χ0) is 14.9. The van der Waals surface area contributed by atoms with E-state index in [0.717, 1.165) is 16.9 Å². The molecule has 0 bridgehead atoms. The highest BCUT2D eigenvalue weighted by atomic mass is 32.2. The van der Waals surface area contributed by atoms with Crippen LogP contribution in [0.25, 0.3) is 6.08 Å². The van der Waals surface area contributed by atoms with Crippen molar-refractivity contribution in [3.8, 4) is 5.75 Å². The van der Waals surface area contributed by atoms with Gasteiger partial charge in [-0.2, -0.15) is 0 Å². The third-order valence-corrected chi connectivity index (χ3v) is 3.60. The zero-order valence-corrected chi connectivity index (χ0v) is 12.8. The molecule has 3 heteroatoms. The summed E-state index contributed by atoms with van der Waals surface area (Å²) >= 11 is 1.30. The molecule has 108 valence electrons. The number of para-hydroxylation sites is 1. The first kappa shape index (κ1) is 15.4. The smallest absolute Gasteiger partial charge is 0.186 e. The van der Waals surface area contributed by atoms with Crippen LogP contribution in [0, 0.1) is 0 Å². The van der Waals surface area contributed by atoms with Gasteiger partial charge in [0.25, 0.3) is 0 Å². The fourth-order valence-electron chi connectivity index (χ4n) is 1.83. The minimum atomic E-state index is 0.133. The Kier molecular flexibility index (Phi) is 6.10. The maximum absolute atomic E-state index is 10.9. The molecule has 2 aromatic rings. The van der Waals surface area contributed by atoms with E-state index in [-0.39, 0.29) is 5.12 Å². The minimum Gasteiger partial charge on any atom is -0.488 e. The van der Waals surface area contributed by atoms with Gasteiger partial charge in [0.05, 0.1) is 0 Å². The van der Waals surface area contributed by atoms with Crippen molar-refractivity contribution < 1.29 is 9.53 Å². The van der Waals surface area contributed by atoms with Gasteiger partial charge in [0, 0.05) is 18.2 Å². The van der Waals surface area contributed by atoms with Crippen LogP contribution in [0.15, 0.2) is 60.7 Å². The van der Waals surface area contributed by atoms with Crippen molar-refractivity contribution >= 4 is 23.0 Å². The first-order valence-electron chi connectivity index (χ1n) is 6.81. The molecule has 0 aromatic heterocycles. The summed E-state index contributed by atoms with van der Waals surface area (Å²) in [7, 11) is 0. The lowest BCUT2D eigenvalue weighted by atomic mass is 10.2. The van der Waals surface area contributed by atoms with Crippen LogP contribution in [-0.2, 0) is 11.4 Å². The average molecular weight is 298 g/mol. The van der Waals surface area contributed by atoms with Gasteiger partial charge in [-0.3, -0.25) is 4.79 Å².